The lowest BCUT2D eigenvalue weighted by molar-refractivity contribution is -0.151. The van der Waals surface area contributed by atoms with Gasteiger partial charge < -0.3 is 4.74 Å². The Labute approximate surface area is 106 Å². The Bertz CT molecular complexity index is 243. The van der Waals surface area contributed by atoms with Crippen LogP contribution in [0.3, 0.4) is 0 Å². The van der Waals surface area contributed by atoms with Crippen LogP contribution < -0.4 is 0 Å². The van der Waals surface area contributed by atoms with Crippen molar-refractivity contribution in [3.63, 3.8) is 0 Å². The van der Waals surface area contributed by atoms with E-state index in [0.29, 0.717) is 17.9 Å². The lowest BCUT2D eigenvalue weighted by Gasteiger charge is -2.24. The van der Waals surface area contributed by atoms with Crippen molar-refractivity contribution in [1.29, 1.82) is 0 Å². The van der Waals surface area contributed by atoms with E-state index in [1.165, 1.54) is 13.8 Å². The summed E-state index contributed by atoms with van der Waals surface area (Å²) in [4.78, 5) is 10.8. The molecule has 0 aromatic heterocycles. The first-order valence-electron chi connectivity index (χ1n) is 5.84. The van der Waals surface area contributed by atoms with Crippen molar-refractivity contribution in [3.8, 4) is 0 Å². The minimum atomic E-state index is -2.54. The number of ether oxygens (including phenoxy) is 1. The Balaban J connectivity index is 3.67. The van der Waals surface area contributed by atoms with Crippen LogP contribution in [0.1, 0.15) is 47.0 Å². The highest BCUT2D eigenvalue weighted by Crippen LogP contribution is 2.25. The van der Waals surface area contributed by atoms with E-state index >= 15 is 0 Å². The Morgan fingerprint density at radius 3 is 2.41 bits per heavy atom. The maximum atomic E-state index is 12.9. The van der Waals surface area contributed by atoms with Crippen molar-refractivity contribution in [1.82, 2.24) is 0 Å². The van der Waals surface area contributed by atoms with E-state index in [4.69, 9.17) is 4.74 Å². The van der Waals surface area contributed by atoms with Crippen LogP contribution in [0.4, 0.5) is 8.78 Å². The molecule has 0 aromatic rings. The third kappa shape index (κ3) is 9.39. The first-order chi connectivity index (χ1) is 7.68. The van der Waals surface area contributed by atoms with Gasteiger partial charge in [0.1, 0.15) is 5.60 Å². The van der Waals surface area contributed by atoms with Gasteiger partial charge in [0.15, 0.2) is 0 Å². The van der Waals surface area contributed by atoms with Gasteiger partial charge in [-0.25, -0.2) is 8.78 Å². The molecule has 0 saturated carbocycles. The quantitative estimate of drug-likeness (QED) is 0.493. The number of alkyl halides is 2. The van der Waals surface area contributed by atoms with Crippen LogP contribution in [0.2, 0.25) is 0 Å². The summed E-state index contributed by atoms with van der Waals surface area (Å²) in [6, 6.07) is 0. The predicted molar refractivity (Wildman–Crippen MR) is 67.6 cm³/mol. The molecule has 5 heteroatoms. The van der Waals surface area contributed by atoms with Crippen molar-refractivity contribution >= 4 is 17.7 Å². The molecule has 0 unspecified atom stereocenters. The van der Waals surface area contributed by atoms with Crippen LogP contribution >= 0.6 is 11.8 Å². The maximum Gasteiger partial charge on any atom is 0.303 e. The van der Waals surface area contributed by atoms with Gasteiger partial charge in [0.05, 0.1) is 0 Å². The summed E-state index contributed by atoms with van der Waals surface area (Å²) in [5.74, 6) is -1.55. The fraction of sp³-hybridized carbons (Fsp3) is 0.917. The molecule has 0 fully saturated rings. The highest BCUT2D eigenvalue weighted by molar-refractivity contribution is 7.99. The number of hydrogen-bond donors (Lipinski definition) is 0. The average molecular weight is 268 g/mol. The second kappa shape index (κ2) is 7.19. The zero-order valence-corrected chi connectivity index (χ0v) is 11.8. The molecule has 0 rings (SSSR count). The summed E-state index contributed by atoms with van der Waals surface area (Å²) in [6.45, 7) is 6.51. The largest absolute Gasteiger partial charge is 0.459 e. The smallest absolute Gasteiger partial charge is 0.303 e. The molecule has 2 nitrogen and oxygen atoms in total. The normalized spacial score (nSPS) is 12.6. The lowest BCUT2D eigenvalue weighted by atomic mass is 10.1. The maximum absolute atomic E-state index is 12.9. The molecular formula is C12H22F2O2S. The van der Waals surface area contributed by atoms with Gasteiger partial charge in [-0.1, -0.05) is 6.92 Å². The Morgan fingerprint density at radius 1 is 1.35 bits per heavy atom. The van der Waals surface area contributed by atoms with E-state index in [0.717, 1.165) is 0 Å². The number of halogens is 2. The first-order valence-corrected chi connectivity index (χ1v) is 6.99. The number of carbonyl (C=O) groups is 1. The van der Waals surface area contributed by atoms with E-state index in [9.17, 15) is 13.6 Å². The Kier molecular flexibility index (Phi) is 7.05. The summed E-state index contributed by atoms with van der Waals surface area (Å²) in [5, 5.41) is 0. The van der Waals surface area contributed by atoms with Crippen molar-refractivity contribution in [2.24, 2.45) is 0 Å². The molecule has 0 aliphatic rings. The average Bonchev–Trinajstić information content (AvgIpc) is 2.14. The lowest BCUT2D eigenvalue weighted by Crippen LogP contribution is -2.29. The van der Waals surface area contributed by atoms with E-state index < -0.39 is 11.5 Å². The second-order valence-corrected chi connectivity index (χ2v) is 5.82. The van der Waals surface area contributed by atoms with Crippen LogP contribution in [-0.4, -0.2) is 29.0 Å². The molecule has 102 valence electrons. The molecule has 0 aliphatic carbocycles. The van der Waals surface area contributed by atoms with Gasteiger partial charge in [-0.2, -0.15) is 11.8 Å². The van der Waals surface area contributed by atoms with Gasteiger partial charge in [0.2, 0.25) is 5.92 Å². The van der Waals surface area contributed by atoms with Gasteiger partial charge in [-0.15, -0.1) is 0 Å². The summed E-state index contributed by atoms with van der Waals surface area (Å²) in [6.07, 6.45) is 0.322. The minimum Gasteiger partial charge on any atom is -0.459 e. The molecule has 0 aromatic carbocycles. The molecule has 0 radical (unpaired) electrons. The SMILES string of the molecule is CCC(F)(F)CCCSCC(C)(C)OC(C)=O. The minimum absolute atomic E-state index is 0.0650. The van der Waals surface area contributed by atoms with Crippen LogP contribution in [-0.2, 0) is 9.53 Å². The van der Waals surface area contributed by atoms with Gasteiger partial charge in [0, 0.05) is 25.5 Å². The molecule has 0 bridgehead atoms. The van der Waals surface area contributed by atoms with Crippen molar-refractivity contribution < 1.29 is 18.3 Å². The third-order valence-corrected chi connectivity index (χ3v) is 3.69. The van der Waals surface area contributed by atoms with E-state index in [1.807, 2.05) is 13.8 Å². The number of esters is 1. The Hall–Kier alpha value is -0.320. The molecule has 0 heterocycles. The van der Waals surface area contributed by atoms with E-state index in [-0.39, 0.29) is 18.8 Å². The zero-order valence-electron chi connectivity index (χ0n) is 11.0. The van der Waals surface area contributed by atoms with Crippen molar-refractivity contribution in [2.75, 3.05) is 11.5 Å². The summed E-state index contributed by atoms with van der Waals surface area (Å²) >= 11 is 1.54. The van der Waals surface area contributed by atoms with Gasteiger partial charge in [-0.05, 0) is 26.0 Å². The van der Waals surface area contributed by atoms with Gasteiger partial charge in [-0.3, -0.25) is 4.79 Å². The van der Waals surface area contributed by atoms with E-state index in [1.54, 1.807) is 11.8 Å². The van der Waals surface area contributed by atoms with Crippen LogP contribution in [0.5, 0.6) is 0 Å². The Morgan fingerprint density at radius 2 is 1.94 bits per heavy atom. The molecular weight excluding hydrogens is 246 g/mol. The number of carbonyl (C=O) groups excluding carboxylic acids is 1. The molecule has 0 spiro atoms. The fourth-order valence-electron chi connectivity index (χ4n) is 1.35. The van der Waals surface area contributed by atoms with Crippen LogP contribution in [0, 0.1) is 0 Å². The van der Waals surface area contributed by atoms with Crippen molar-refractivity contribution in [3.05, 3.63) is 0 Å². The number of rotatable bonds is 8. The van der Waals surface area contributed by atoms with E-state index in [2.05, 4.69) is 0 Å². The molecule has 17 heavy (non-hydrogen) atoms. The van der Waals surface area contributed by atoms with Crippen LogP contribution in [0.25, 0.3) is 0 Å². The zero-order chi connectivity index (χ0) is 13.5. The standard InChI is InChI=1S/C12H22F2O2S/c1-5-12(13,14)7-6-8-17-9-11(3,4)16-10(2)15/h5-9H2,1-4H3. The summed E-state index contributed by atoms with van der Waals surface area (Å²) in [7, 11) is 0. The predicted octanol–water partition coefficient (Wildman–Crippen LogP) is 3.89. The third-order valence-electron chi connectivity index (χ3n) is 2.22. The highest BCUT2D eigenvalue weighted by Gasteiger charge is 2.25. The van der Waals surface area contributed by atoms with Gasteiger partial charge in [0.25, 0.3) is 0 Å². The molecule has 0 saturated heterocycles. The topological polar surface area (TPSA) is 26.3 Å². The molecule has 0 aliphatic heterocycles. The van der Waals surface area contributed by atoms with Gasteiger partial charge >= 0.3 is 5.97 Å². The monoisotopic (exact) mass is 268 g/mol. The number of hydrogen-bond acceptors (Lipinski definition) is 3. The van der Waals surface area contributed by atoms with Crippen LogP contribution in [0.15, 0.2) is 0 Å². The van der Waals surface area contributed by atoms with Crippen molar-refractivity contribution in [2.45, 2.75) is 58.5 Å². The molecule has 0 atom stereocenters. The molecule has 0 amide bonds. The fourth-order valence-corrected chi connectivity index (χ4v) is 2.39. The highest BCUT2D eigenvalue weighted by atomic mass is 32.2. The summed E-state index contributed by atoms with van der Waals surface area (Å²) in [5.41, 5.74) is -0.524. The number of thioether (sulfide) groups is 1. The first kappa shape index (κ1) is 16.7. The molecule has 0 N–H and O–H groups in total. The second-order valence-electron chi connectivity index (χ2n) is 4.72. The summed E-state index contributed by atoms with van der Waals surface area (Å²) < 4.78 is 30.9.